The molecule has 0 N–H and O–H groups in total. The fourth-order valence-corrected chi connectivity index (χ4v) is 4.68. The molecule has 1 saturated carbocycles. The van der Waals surface area contributed by atoms with Gasteiger partial charge in [0, 0.05) is 13.1 Å². The van der Waals surface area contributed by atoms with Gasteiger partial charge in [0.05, 0.1) is 12.2 Å². The normalized spacial score (nSPS) is 26.8. The summed E-state index contributed by atoms with van der Waals surface area (Å²) < 4.78 is 12.3. The third kappa shape index (κ3) is 1.97. The topological polar surface area (TPSA) is 51.1 Å². The van der Waals surface area contributed by atoms with E-state index in [0.717, 1.165) is 51.6 Å². The highest BCUT2D eigenvalue weighted by molar-refractivity contribution is 6.01. The van der Waals surface area contributed by atoms with Crippen LogP contribution in [0.2, 0.25) is 0 Å². The molecule has 5 heteroatoms. The zero-order valence-electron chi connectivity index (χ0n) is 13.8. The first-order valence-electron chi connectivity index (χ1n) is 9.00. The Morgan fingerprint density at radius 1 is 1.00 bits per heavy atom. The van der Waals surface area contributed by atoms with Crippen LogP contribution in [0.25, 0.3) is 0 Å². The fourth-order valence-electron chi connectivity index (χ4n) is 4.68. The average molecular weight is 326 g/mol. The Morgan fingerprint density at radius 3 is 2.54 bits per heavy atom. The summed E-state index contributed by atoms with van der Waals surface area (Å²) in [5.41, 5.74) is 1.84. The lowest BCUT2D eigenvalue weighted by atomic mass is 9.84. The van der Waals surface area contributed by atoms with Gasteiger partial charge in [0.1, 0.15) is 0 Å². The molecule has 126 valence electrons. The van der Waals surface area contributed by atoms with E-state index in [2.05, 4.69) is 34.2 Å². The molecular weight excluding hydrogens is 304 g/mol. The first-order chi connectivity index (χ1) is 11.7. The maximum absolute atomic E-state index is 12.3. The molecule has 4 aliphatic rings. The SMILES string of the molecule is O=C1N=C(N2CCC3(CC2)OCc2ccccc23)OC12CCCC2. The van der Waals surface area contributed by atoms with Crippen molar-refractivity contribution in [1.29, 1.82) is 0 Å². The predicted molar refractivity (Wildman–Crippen MR) is 88.4 cm³/mol. The number of fused-ring (bicyclic) bond motifs is 2. The number of carbonyl (C=O) groups excluding carboxylic acids is 1. The molecule has 0 atom stereocenters. The van der Waals surface area contributed by atoms with Crippen molar-refractivity contribution in [3.8, 4) is 0 Å². The van der Waals surface area contributed by atoms with Crippen molar-refractivity contribution in [1.82, 2.24) is 4.90 Å². The number of amidine groups is 1. The monoisotopic (exact) mass is 326 g/mol. The van der Waals surface area contributed by atoms with Crippen molar-refractivity contribution in [3.05, 3.63) is 35.4 Å². The van der Waals surface area contributed by atoms with Crippen LogP contribution in [0.5, 0.6) is 0 Å². The minimum absolute atomic E-state index is 0.0715. The van der Waals surface area contributed by atoms with E-state index in [1.807, 2.05) is 0 Å². The standard InChI is InChI=1S/C19H22N2O3/c22-16-19(7-3-4-8-19)24-17(20-16)21-11-9-18(10-12-21)15-6-2-1-5-14(15)13-23-18/h1-2,5-6H,3-4,7-13H2. The van der Waals surface area contributed by atoms with Gasteiger partial charge in [-0.3, -0.25) is 4.79 Å². The van der Waals surface area contributed by atoms with Crippen LogP contribution in [0, 0.1) is 0 Å². The van der Waals surface area contributed by atoms with Crippen LogP contribution < -0.4 is 0 Å². The van der Waals surface area contributed by atoms with Crippen molar-refractivity contribution >= 4 is 11.9 Å². The van der Waals surface area contributed by atoms with Gasteiger partial charge in [-0.15, -0.1) is 0 Å². The Hall–Kier alpha value is -1.88. The lowest BCUT2D eigenvalue weighted by Gasteiger charge is -2.39. The summed E-state index contributed by atoms with van der Waals surface area (Å²) in [7, 11) is 0. The molecule has 0 radical (unpaired) electrons. The van der Waals surface area contributed by atoms with Crippen molar-refractivity contribution < 1.29 is 14.3 Å². The lowest BCUT2D eigenvalue weighted by molar-refractivity contribution is -0.130. The number of benzene rings is 1. The average Bonchev–Trinajstić information content (AvgIpc) is 3.30. The number of carbonyl (C=O) groups is 1. The van der Waals surface area contributed by atoms with E-state index in [9.17, 15) is 4.79 Å². The van der Waals surface area contributed by atoms with Crippen molar-refractivity contribution in [3.63, 3.8) is 0 Å². The number of hydrogen-bond acceptors (Lipinski definition) is 4. The van der Waals surface area contributed by atoms with Crippen LogP contribution in [-0.2, 0) is 26.5 Å². The van der Waals surface area contributed by atoms with Crippen molar-refractivity contribution in [2.75, 3.05) is 13.1 Å². The molecule has 24 heavy (non-hydrogen) atoms. The van der Waals surface area contributed by atoms with Crippen LogP contribution in [0.15, 0.2) is 29.3 Å². The highest BCUT2D eigenvalue weighted by Crippen LogP contribution is 2.45. The third-order valence-corrected chi connectivity index (χ3v) is 6.14. The van der Waals surface area contributed by atoms with Gasteiger partial charge < -0.3 is 14.4 Å². The molecule has 1 aromatic rings. The quantitative estimate of drug-likeness (QED) is 0.735. The molecule has 1 aliphatic carbocycles. The number of amides is 1. The number of nitrogens with zero attached hydrogens (tertiary/aromatic N) is 2. The molecule has 1 amide bonds. The van der Waals surface area contributed by atoms with Gasteiger partial charge in [-0.2, -0.15) is 4.99 Å². The van der Waals surface area contributed by atoms with E-state index >= 15 is 0 Å². The number of hydrogen-bond donors (Lipinski definition) is 0. The molecule has 0 unspecified atom stereocenters. The second-order valence-electron chi connectivity index (χ2n) is 7.43. The second-order valence-corrected chi connectivity index (χ2v) is 7.43. The van der Waals surface area contributed by atoms with Crippen LogP contribution >= 0.6 is 0 Å². The Balaban J connectivity index is 1.32. The van der Waals surface area contributed by atoms with Gasteiger partial charge in [-0.25, -0.2) is 0 Å². The molecule has 3 heterocycles. The summed E-state index contributed by atoms with van der Waals surface area (Å²) in [6.45, 7) is 2.34. The summed E-state index contributed by atoms with van der Waals surface area (Å²) >= 11 is 0. The van der Waals surface area contributed by atoms with E-state index in [1.54, 1.807) is 0 Å². The molecule has 0 aromatic heterocycles. The summed E-state index contributed by atoms with van der Waals surface area (Å²) in [6.07, 6.45) is 5.56. The number of ether oxygens (including phenoxy) is 2. The predicted octanol–water partition coefficient (Wildman–Crippen LogP) is 2.73. The Labute approximate surface area is 141 Å². The van der Waals surface area contributed by atoms with Crippen LogP contribution in [0.1, 0.15) is 49.7 Å². The maximum Gasteiger partial charge on any atom is 0.296 e. The molecule has 2 spiro atoms. The molecule has 5 rings (SSSR count). The number of aliphatic imine (C=N–C) groups is 1. The summed E-state index contributed by atoms with van der Waals surface area (Å²) in [5, 5.41) is 0. The first kappa shape index (κ1) is 14.5. The summed E-state index contributed by atoms with van der Waals surface area (Å²) in [4.78, 5) is 18.7. The minimum atomic E-state index is -0.638. The minimum Gasteiger partial charge on any atom is -0.448 e. The lowest BCUT2D eigenvalue weighted by Crippen LogP contribution is -2.46. The zero-order chi connectivity index (χ0) is 16.2. The maximum atomic E-state index is 12.3. The van der Waals surface area contributed by atoms with Gasteiger partial charge in [0.25, 0.3) is 11.9 Å². The third-order valence-electron chi connectivity index (χ3n) is 6.14. The van der Waals surface area contributed by atoms with Crippen molar-refractivity contribution in [2.45, 2.75) is 56.3 Å². The largest absolute Gasteiger partial charge is 0.448 e. The fraction of sp³-hybridized carbons (Fsp3) is 0.579. The molecule has 1 aromatic carbocycles. The Bertz CT molecular complexity index is 713. The van der Waals surface area contributed by atoms with Crippen LogP contribution in [0.4, 0.5) is 0 Å². The van der Waals surface area contributed by atoms with Gasteiger partial charge in [0.15, 0.2) is 5.60 Å². The van der Waals surface area contributed by atoms with Gasteiger partial charge in [0.2, 0.25) is 0 Å². The molecule has 0 bridgehead atoms. The second kappa shape index (κ2) is 5.06. The highest BCUT2D eigenvalue weighted by Gasteiger charge is 2.51. The molecule has 1 saturated heterocycles. The molecule has 2 fully saturated rings. The Kier molecular flexibility index (Phi) is 3.05. The molecule has 5 nitrogen and oxygen atoms in total. The van der Waals surface area contributed by atoms with Gasteiger partial charge >= 0.3 is 0 Å². The zero-order valence-corrected chi connectivity index (χ0v) is 13.8. The van der Waals surface area contributed by atoms with E-state index in [0.29, 0.717) is 12.6 Å². The van der Waals surface area contributed by atoms with E-state index in [1.165, 1.54) is 11.1 Å². The Morgan fingerprint density at radius 2 is 1.75 bits per heavy atom. The summed E-state index contributed by atoms with van der Waals surface area (Å²) in [6, 6.07) is 9.06. The van der Waals surface area contributed by atoms with Gasteiger partial charge in [-0.1, -0.05) is 24.3 Å². The smallest absolute Gasteiger partial charge is 0.296 e. The van der Waals surface area contributed by atoms with E-state index < -0.39 is 5.60 Å². The highest BCUT2D eigenvalue weighted by atomic mass is 16.5. The summed E-state index contributed by atoms with van der Waals surface area (Å²) in [5.74, 6) is -0.0715. The number of likely N-dealkylation sites (tertiary alicyclic amines) is 1. The molecular formula is C19H22N2O3. The van der Waals surface area contributed by atoms with Gasteiger partial charge in [-0.05, 0) is 49.7 Å². The van der Waals surface area contributed by atoms with E-state index in [4.69, 9.17) is 9.47 Å². The number of rotatable bonds is 0. The first-order valence-corrected chi connectivity index (χ1v) is 9.00. The number of piperidine rings is 1. The van der Waals surface area contributed by atoms with Crippen molar-refractivity contribution in [2.24, 2.45) is 4.99 Å². The van der Waals surface area contributed by atoms with Crippen LogP contribution in [-0.4, -0.2) is 35.5 Å². The molecule has 3 aliphatic heterocycles. The van der Waals surface area contributed by atoms with E-state index in [-0.39, 0.29) is 11.5 Å². The van der Waals surface area contributed by atoms with Crippen LogP contribution in [0.3, 0.4) is 0 Å².